The van der Waals surface area contributed by atoms with Crippen molar-refractivity contribution >= 4 is 17.2 Å². The lowest BCUT2D eigenvalue weighted by Gasteiger charge is -1.97. The summed E-state index contributed by atoms with van der Waals surface area (Å²) in [7, 11) is 0. The van der Waals surface area contributed by atoms with Crippen molar-refractivity contribution in [2.45, 2.75) is 26.8 Å². The zero-order chi connectivity index (χ0) is 12.8. The molecule has 1 amide bonds. The Balaban J connectivity index is 2.49. The number of nitrogens with zero attached hydrogens (tertiary/aromatic N) is 2. The average molecular weight is 259 g/mol. The van der Waals surface area contributed by atoms with Gasteiger partial charge in [-0.2, -0.15) is 0 Å². The summed E-state index contributed by atoms with van der Waals surface area (Å²) in [6, 6.07) is 0. The molecular weight excluding hydrogens is 246 g/mol. The first-order valence-corrected chi connectivity index (χ1v) is 5.77. The van der Waals surface area contributed by atoms with Gasteiger partial charge in [-0.25, -0.2) is 4.98 Å². The Kier molecular flexibility index (Phi) is 4.83. The molecule has 0 aliphatic rings. The van der Waals surface area contributed by atoms with Crippen LogP contribution >= 0.6 is 11.3 Å². The number of hydrogen-bond acceptors (Lipinski definition) is 6. The largest absolute Gasteiger partial charge is 0.350 e. The molecule has 1 rings (SSSR count). The Hall–Kier alpha value is -1.70. The highest BCUT2D eigenvalue weighted by Crippen LogP contribution is 2.18. The second-order valence-electron chi connectivity index (χ2n) is 3.33. The van der Waals surface area contributed by atoms with Crippen LogP contribution in [0.4, 0.5) is 0 Å². The van der Waals surface area contributed by atoms with Crippen molar-refractivity contribution in [2.75, 3.05) is 6.61 Å². The molecule has 7 nitrogen and oxygen atoms in total. The maximum absolute atomic E-state index is 10.7. The van der Waals surface area contributed by atoms with E-state index in [-0.39, 0.29) is 12.5 Å². The molecule has 0 unspecified atom stereocenters. The van der Waals surface area contributed by atoms with Gasteiger partial charge in [-0.3, -0.25) is 4.79 Å². The molecule has 94 valence electrons. The van der Waals surface area contributed by atoms with Gasteiger partial charge in [0.2, 0.25) is 5.91 Å². The number of aryl methyl sites for hydroxylation is 1. The Morgan fingerprint density at radius 2 is 2.35 bits per heavy atom. The number of thiazole rings is 1. The molecule has 1 aromatic heterocycles. The minimum Gasteiger partial charge on any atom is -0.350 e. The summed E-state index contributed by atoms with van der Waals surface area (Å²) < 4.78 is 0. The van der Waals surface area contributed by atoms with Gasteiger partial charge < -0.3 is 10.2 Å². The highest BCUT2D eigenvalue weighted by molar-refractivity contribution is 7.11. The van der Waals surface area contributed by atoms with Crippen LogP contribution in [-0.4, -0.2) is 22.6 Å². The highest BCUT2D eigenvalue weighted by Gasteiger charge is 2.08. The van der Waals surface area contributed by atoms with Crippen LogP contribution < -0.4 is 5.32 Å². The van der Waals surface area contributed by atoms with Crippen LogP contribution in [0, 0.1) is 17.0 Å². The van der Waals surface area contributed by atoms with Crippen molar-refractivity contribution in [2.24, 2.45) is 0 Å². The molecular formula is C9H13N3O4S. The smallest absolute Gasteiger partial charge is 0.294 e. The van der Waals surface area contributed by atoms with Gasteiger partial charge in [0.15, 0.2) is 0 Å². The molecule has 0 radical (unpaired) electrons. The van der Waals surface area contributed by atoms with Gasteiger partial charge in [-0.15, -0.1) is 21.5 Å². The predicted octanol–water partition coefficient (Wildman–Crippen LogP) is 0.838. The molecule has 0 aliphatic heterocycles. The van der Waals surface area contributed by atoms with E-state index in [0.717, 1.165) is 15.6 Å². The van der Waals surface area contributed by atoms with Crippen molar-refractivity contribution in [3.05, 3.63) is 25.7 Å². The van der Waals surface area contributed by atoms with Crippen LogP contribution in [0.5, 0.6) is 0 Å². The number of hydrogen-bond donors (Lipinski definition) is 1. The zero-order valence-corrected chi connectivity index (χ0v) is 10.4. The second-order valence-corrected chi connectivity index (χ2v) is 4.50. The fourth-order valence-corrected chi connectivity index (χ4v) is 2.20. The van der Waals surface area contributed by atoms with Gasteiger partial charge in [0.1, 0.15) is 11.6 Å². The van der Waals surface area contributed by atoms with Gasteiger partial charge >= 0.3 is 0 Å². The summed E-state index contributed by atoms with van der Waals surface area (Å²) in [4.78, 5) is 30.1. The molecule has 1 aromatic rings. The van der Waals surface area contributed by atoms with Crippen molar-refractivity contribution in [3.8, 4) is 0 Å². The molecule has 1 heterocycles. The van der Waals surface area contributed by atoms with E-state index in [1.165, 1.54) is 18.3 Å². The Bertz CT molecular complexity index is 418. The van der Waals surface area contributed by atoms with E-state index in [4.69, 9.17) is 0 Å². The summed E-state index contributed by atoms with van der Waals surface area (Å²) >= 11 is 1.42. The average Bonchev–Trinajstić information content (AvgIpc) is 2.56. The molecule has 0 saturated carbocycles. The van der Waals surface area contributed by atoms with Crippen LogP contribution in [-0.2, 0) is 22.6 Å². The van der Waals surface area contributed by atoms with Gasteiger partial charge in [-0.1, -0.05) is 0 Å². The summed E-state index contributed by atoms with van der Waals surface area (Å²) in [5, 5.41) is 12.6. The van der Waals surface area contributed by atoms with Gasteiger partial charge in [-0.05, 0) is 6.92 Å². The highest BCUT2D eigenvalue weighted by atomic mass is 32.1. The van der Waals surface area contributed by atoms with Gasteiger partial charge in [0.05, 0.1) is 12.2 Å². The SMILES string of the molecule is CC(=O)NCc1nc(C)c(CCO[N+](=O)[O-])s1. The summed E-state index contributed by atoms with van der Waals surface area (Å²) in [5.41, 5.74) is 0.822. The van der Waals surface area contributed by atoms with E-state index in [1.54, 1.807) is 0 Å². The van der Waals surface area contributed by atoms with E-state index in [9.17, 15) is 14.9 Å². The lowest BCUT2D eigenvalue weighted by atomic mass is 10.3. The molecule has 0 atom stereocenters. The van der Waals surface area contributed by atoms with Crippen molar-refractivity contribution in [1.29, 1.82) is 0 Å². The Labute approximate surface area is 102 Å². The number of carbonyl (C=O) groups is 1. The minimum absolute atomic E-state index is 0.0234. The molecule has 0 bridgehead atoms. The van der Waals surface area contributed by atoms with E-state index < -0.39 is 5.09 Å². The normalized spacial score (nSPS) is 10.0. The van der Waals surface area contributed by atoms with Crippen molar-refractivity contribution < 1.29 is 14.7 Å². The number of nitrogens with one attached hydrogen (secondary N) is 1. The van der Waals surface area contributed by atoms with E-state index in [1.807, 2.05) is 6.92 Å². The summed E-state index contributed by atoms with van der Waals surface area (Å²) in [6.45, 7) is 3.67. The molecule has 0 saturated heterocycles. The van der Waals surface area contributed by atoms with Crippen LogP contribution in [0.1, 0.15) is 22.5 Å². The third-order valence-corrected chi connectivity index (χ3v) is 3.17. The molecule has 8 heteroatoms. The Morgan fingerprint density at radius 3 is 2.94 bits per heavy atom. The standard InChI is InChI=1S/C9H13N3O4S/c1-6-8(3-4-16-12(14)15)17-9(11-6)5-10-7(2)13/h3-5H2,1-2H3,(H,10,13). The van der Waals surface area contributed by atoms with Crippen LogP contribution in [0.25, 0.3) is 0 Å². The zero-order valence-electron chi connectivity index (χ0n) is 9.56. The number of amides is 1. The lowest BCUT2D eigenvalue weighted by molar-refractivity contribution is -0.757. The minimum atomic E-state index is -0.811. The lowest BCUT2D eigenvalue weighted by Crippen LogP contribution is -2.18. The molecule has 17 heavy (non-hydrogen) atoms. The van der Waals surface area contributed by atoms with Gasteiger partial charge in [0, 0.05) is 18.2 Å². The number of rotatable bonds is 6. The predicted molar refractivity (Wildman–Crippen MR) is 61.0 cm³/mol. The fourth-order valence-electron chi connectivity index (χ4n) is 1.21. The quantitative estimate of drug-likeness (QED) is 0.603. The van der Waals surface area contributed by atoms with Crippen LogP contribution in [0.3, 0.4) is 0 Å². The molecule has 0 spiro atoms. The van der Waals surface area contributed by atoms with E-state index in [2.05, 4.69) is 15.1 Å². The maximum Gasteiger partial charge on any atom is 0.294 e. The third-order valence-electron chi connectivity index (χ3n) is 1.95. The van der Waals surface area contributed by atoms with Crippen LogP contribution in [0.2, 0.25) is 0 Å². The van der Waals surface area contributed by atoms with Crippen molar-refractivity contribution in [1.82, 2.24) is 10.3 Å². The molecule has 1 N–H and O–H groups in total. The Morgan fingerprint density at radius 1 is 1.65 bits per heavy atom. The third kappa shape index (κ3) is 4.77. The van der Waals surface area contributed by atoms with E-state index in [0.29, 0.717) is 13.0 Å². The first kappa shape index (κ1) is 13.4. The fraction of sp³-hybridized carbons (Fsp3) is 0.556. The topological polar surface area (TPSA) is 94.4 Å². The maximum atomic E-state index is 10.7. The number of aromatic nitrogens is 1. The first-order chi connectivity index (χ1) is 7.99. The van der Waals surface area contributed by atoms with Crippen molar-refractivity contribution in [3.63, 3.8) is 0 Å². The molecule has 0 aromatic carbocycles. The van der Waals surface area contributed by atoms with Gasteiger partial charge in [0.25, 0.3) is 5.09 Å². The van der Waals surface area contributed by atoms with Crippen LogP contribution in [0.15, 0.2) is 0 Å². The molecule has 0 aliphatic carbocycles. The second kappa shape index (κ2) is 6.14. The first-order valence-electron chi connectivity index (χ1n) is 4.96. The molecule has 0 fully saturated rings. The van der Waals surface area contributed by atoms with E-state index >= 15 is 0 Å². The summed E-state index contributed by atoms with van der Waals surface area (Å²) in [6.07, 6.45) is 0.449. The monoisotopic (exact) mass is 259 g/mol. The number of carbonyl (C=O) groups excluding carboxylic acids is 1. The summed E-state index contributed by atoms with van der Waals surface area (Å²) in [5.74, 6) is -0.115.